The van der Waals surface area contributed by atoms with Gasteiger partial charge in [-0.3, -0.25) is 14.5 Å². The molecular formula is C16H18N2O6. The Bertz CT molecular complexity index is 664. The van der Waals surface area contributed by atoms with Gasteiger partial charge in [-0.25, -0.2) is 14.7 Å². The summed E-state index contributed by atoms with van der Waals surface area (Å²) < 4.78 is 4.64. The average molecular weight is 334 g/mol. The van der Waals surface area contributed by atoms with Gasteiger partial charge in [0, 0.05) is 0 Å². The highest BCUT2D eigenvalue weighted by Gasteiger charge is 2.65. The van der Waals surface area contributed by atoms with E-state index in [0.29, 0.717) is 0 Å². The first-order chi connectivity index (χ1) is 11.5. The van der Waals surface area contributed by atoms with Gasteiger partial charge in [-0.1, -0.05) is 30.3 Å². The van der Waals surface area contributed by atoms with Gasteiger partial charge in [0.2, 0.25) is 0 Å². The van der Waals surface area contributed by atoms with E-state index >= 15 is 0 Å². The summed E-state index contributed by atoms with van der Waals surface area (Å²) in [6, 6.07) is 8.39. The van der Waals surface area contributed by atoms with E-state index in [0.717, 1.165) is 15.5 Å². The molecule has 24 heavy (non-hydrogen) atoms. The molecule has 8 nitrogen and oxygen atoms in total. The number of likely N-dealkylation sites (tertiary alicyclic amines) is 1. The Morgan fingerprint density at radius 1 is 1.33 bits per heavy atom. The van der Waals surface area contributed by atoms with Crippen LogP contribution in [0, 0.1) is 0 Å². The molecular weight excluding hydrogens is 316 g/mol. The standard InChI is InChI=1S/C16H18N2O6/c1-23-13(19)12-7-8-16(18(12)15(21)22)10-17(14(16)20)24-9-11-5-3-2-4-6-11/h2-6,12H,7-10H2,1H3,(H,21,22). The highest BCUT2D eigenvalue weighted by Crippen LogP contribution is 2.42. The molecule has 1 aromatic carbocycles. The van der Waals surface area contributed by atoms with E-state index in [9.17, 15) is 19.5 Å². The molecule has 0 bridgehead atoms. The molecule has 2 aliphatic heterocycles. The van der Waals surface area contributed by atoms with Crippen molar-refractivity contribution in [3.05, 3.63) is 35.9 Å². The van der Waals surface area contributed by atoms with Crippen LogP contribution in [0.15, 0.2) is 30.3 Å². The SMILES string of the molecule is COC(=O)C1CCC2(CN(OCc3ccccc3)C2=O)N1C(=O)O. The topological polar surface area (TPSA) is 96.4 Å². The van der Waals surface area contributed by atoms with Gasteiger partial charge in [0.15, 0.2) is 0 Å². The van der Waals surface area contributed by atoms with Gasteiger partial charge in [-0.05, 0) is 18.4 Å². The van der Waals surface area contributed by atoms with Crippen molar-refractivity contribution in [3.8, 4) is 0 Å². The highest BCUT2D eigenvalue weighted by atomic mass is 16.7. The molecule has 3 rings (SSSR count). The van der Waals surface area contributed by atoms with Crippen LogP contribution >= 0.6 is 0 Å². The molecule has 2 saturated heterocycles. The van der Waals surface area contributed by atoms with Crippen LogP contribution in [0.5, 0.6) is 0 Å². The third kappa shape index (κ3) is 2.48. The van der Waals surface area contributed by atoms with Crippen LogP contribution in [-0.4, -0.2) is 58.3 Å². The quantitative estimate of drug-likeness (QED) is 0.652. The van der Waals surface area contributed by atoms with Crippen molar-refractivity contribution in [2.45, 2.75) is 31.0 Å². The lowest BCUT2D eigenvalue weighted by Crippen LogP contribution is -2.73. The van der Waals surface area contributed by atoms with Crippen molar-refractivity contribution in [3.63, 3.8) is 0 Å². The second-order valence-corrected chi connectivity index (χ2v) is 5.86. The monoisotopic (exact) mass is 334 g/mol. The lowest BCUT2D eigenvalue weighted by Gasteiger charge is -2.49. The predicted molar refractivity (Wildman–Crippen MR) is 80.6 cm³/mol. The molecule has 1 aromatic rings. The maximum atomic E-state index is 12.5. The second kappa shape index (κ2) is 6.12. The van der Waals surface area contributed by atoms with Gasteiger partial charge in [-0.2, -0.15) is 0 Å². The summed E-state index contributed by atoms with van der Waals surface area (Å²) >= 11 is 0. The Balaban J connectivity index is 1.68. The molecule has 128 valence electrons. The highest BCUT2D eigenvalue weighted by molar-refractivity contribution is 5.97. The average Bonchev–Trinajstić information content (AvgIpc) is 3.01. The van der Waals surface area contributed by atoms with Gasteiger partial charge in [0.05, 0.1) is 13.7 Å². The van der Waals surface area contributed by atoms with Crippen molar-refractivity contribution in [1.82, 2.24) is 9.96 Å². The Kier molecular flexibility index (Phi) is 4.15. The van der Waals surface area contributed by atoms with E-state index in [-0.39, 0.29) is 26.0 Å². The molecule has 2 aliphatic rings. The molecule has 0 radical (unpaired) electrons. The Hall–Kier alpha value is -2.61. The van der Waals surface area contributed by atoms with E-state index in [1.165, 1.54) is 7.11 Å². The minimum atomic E-state index is -1.31. The molecule has 0 aliphatic carbocycles. The number of rotatable bonds is 4. The number of benzene rings is 1. The number of hydroxylamine groups is 2. The normalized spacial score (nSPS) is 25.7. The van der Waals surface area contributed by atoms with E-state index in [4.69, 9.17) is 4.84 Å². The lowest BCUT2D eigenvalue weighted by atomic mass is 9.88. The van der Waals surface area contributed by atoms with Crippen LogP contribution in [-0.2, 0) is 25.8 Å². The minimum absolute atomic E-state index is 0.110. The summed E-state index contributed by atoms with van der Waals surface area (Å²) in [6.07, 6.45) is -0.765. The summed E-state index contributed by atoms with van der Waals surface area (Å²) in [5.41, 5.74) is -0.318. The van der Waals surface area contributed by atoms with Crippen molar-refractivity contribution in [1.29, 1.82) is 0 Å². The molecule has 2 atom stereocenters. The zero-order valence-electron chi connectivity index (χ0n) is 13.2. The summed E-state index contributed by atoms with van der Waals surface area (Å²) in [5, 5.41) is 10.6. The van der Waals surface area contributed by atoms with Gasteiger partial charge in [0.25, 0.3) is 5.91 Å². The molecule has 2 fully saturated rings. The summed E-state index contributed by atoms with van der Waals surface area (Å²) in [4.78, 5) is 42.3. The fraction of sp³-hybridized carbons (Fsp3) is 0.438. The number of amides is 2. The predicted octanol–water partition coefficient (Wildman–Crippen LogP) is 1.01. The second-order valence-electron chi connectivity index (χ2n) is 5.86. The largest absolute Gasteiger partial charge is 0.467 e. The van der Waals surface area contributed by atoms with Crippen LogP contribution in [0.25, 0.3) is 0 Å². The van der Waals surface area contributed by atoms with Crippen LogP contribution in [0.1, 0.15) is 18.4 Å². The van der Waals surface area contributed by atoms with Crippen LogP contribution < -0.4 is 0 Å². The Morgan fingerprint density at radius 3 is 2.62 bits per heavy atom. The number of carbonyl (C=O) groups is 3. The number of carboxylic acid groups (broad SMARTS) is 1. The number of β-lactam (4-membered cyclic amide) rings is 1. The first-order valence-electron chi connectivity index (χ1n) is 7.58. The van der Waals surface area contributed by atoms with Crippen molar-refractivity contribution in [2.24, 2.45) is 0 Å². The third-order valence-corrected chi connectivity index (χ3v) is 4.54. The number of esters is 1. The van der Waals surface area contributed by atoms with Crippen LogP contribution in [0.2, 0.25) is 0 Å². The lowest BCUT2D eigenvalue weighted by molar-refractivity contribution is -0.241. The van der Waals surface area contributed by atoms with Gasteiger partial charge >= 0.3 is 12.1 Å². The number of carbonyl (C=O) groups excluding carboxylic acids is 2. The molecule has 8 heteroatoms. The number of hydrogen-bond donors (Lipinski definition) is 1. The molecule has 1 N–H and O–H groups in total. The number of ether oxygens (including phenoxy) is 1. The molecule has 2 heterocycles. The molecule has 2 unspecified atom stereocenters. The number of hydrogen-bond acceptors (Lipinski definition) is 5. The van der Waals surface area contributed by atoms with Crippen molar-refractivity contribution < 1.29 is 29.1 Å². The van der Waals surface area contributed by atoms with Crippen molar-refractivity contribution >= 4 is 18.0 Å². The number of nitrogens with zero attached hydrogens (tertiary/aromatic N) is 2. The van der Waals surface area contributed by atoms with E-state index < -0.39 is 29.6 Å². The number of methoxy groups -OCH3 is 1. The fourth-order valence-electron chi connectivity index (χ4n) is 3.31. The fourth-order valence-corrected chi connectivity index (χ4v) is 3.31. The summed E-state index contributed by atoms with van der Waals surface area (Å²) in [6.45, 7) is 0.328. The molecule has 1 spiro atoms. The van der Waals surface area contributed by atoms with Gasteiger partial charge in [-0.15, -0.1) is 0 Å². The van der Waals surface area contributed by atoms with Gasteiger partial charge in [0.1, 0.15) is 18.2 Å². The summed E-state index contributed by atoms with van der Waals surface area (Å²) in [7, 11) is 1.20. The maximum absolute atomic E-state index is 12.5. The minimum Gasteiger partial charge on any atom is -0.467 e. The smallest absolute Gasteiger partial charge is 0.409 e. The first kappa shape index (κ1) is 16.3. The molecule has 2 amide bonds. The van der Waals surface area contributed by atoms with Crippen LogP contribution in [0.3, 0.4) is 0 Å². The van der Waals surface area contributed by atoms with Gasteiger partial charge < -0.3 is 9.84 Å². The zero-order valence-corrected chi connectivity index (χ0v) is 13.2. The third-order valence-electron chi connectivity index (χ3n) is 4.54. The Labute approximate surface area is 138 Å². The molecule has 0 saturated carbocycles. The molecule has 0 aromatic heterocycles. The summed E-state index contributed by atoms with van der Waals surface area (Å²) in [5.74, 6) is -1.09. The Morgan fingerprint density at radius 2 is 2.04 bits per heavy atom. The zero-order chi connectivity index (χ0) is 17.3. The maximum Gasteiger partial charge on any atom is 0.409 e. The van der Waals surface area contributed by atoms with E-state index in [1.54, 1.807) is 0 Å². The van der Waals surface area contributed by atoms with E-state index in [2.05, 4.69) is 4.74 Å². The first-order valence-corrected chi connectivity index (χ1v) is 7.58. The van der Waals surface area contributed by atoms with E-state index in [1.807, 2.05) is 30.3 Å². The van der Waals surface area contributed by atoms with Crippen LogP contribution in [0.4, 0.5) is 4.79 Å². The van der Waals surface area contributed by atoms with Crippen molar-refractivity contribution in [2.75, 3.05) is 13.7 Å².